The maximum absolute atomic E-state index is 9.32. The van der Waals surface area contributed by atoms with E-state index in [1.54, 1.807) is 12.1 Å². The topological polar surface area (TPSA) is 66.7 Å². The molecule has 0 spiro atoms. The van der Waals surface area contributed by atoms with Crippen molar-refractivity contribution in [3.8, 4) is 0 Å². The van der Waals surface area contributed by atoms with Gasteiger partial charge in [-0.25, -0.2) is 0 Å². The highest BCUT2D eigenvalue weighted by Crippen LogP contribution is 2.37. The predicted molar refractivity (Wildman–Crippen MR) is 90.8 cm³/mol. The molecule has 0 radical (unpaired) electrons. The van der Waals surface area contributed by atoms with Crippen LogP contribution in [0.2, 0.25) is 0 Å². The molecule has 0 amide bonds. The van der Waals surface area contributed by atoms with Gasteiger partial charge >= 0.3 is 7.12 Å². The second kappa shape index (κ2) is 4.38. The highest BCUT2D eigenvalue weighted by molar-refractivity contribution is 6.59. The molecule has 5 aromatic rings. The van der Waals surface area contributed by atoms with Crippen molar-refractivity contribution in [1.29, 1.82) is 0 Å². The highest BCUT2D eigenvalue weighted by Gasteiger charge is 2.17. The van der Waals surface area contributed by atoms with Crippen molar-refractivity contribution < 1.29 is 18.9 Å². The number of hydrogen-bond donors (Lipinski definition) is 2. The van der Waals surface area contributed by atoms with E-state index in [-0.39, 0.29) is 0 Å². The molecule has 0 unspecified atom stereocenters. The lowest BCUT2D eigenvalue weighted by molar-refractivity contribution is 0.425. The van der Waals surface area contributed by atoms with Crippen molar-refractivity contribution in [2.24, 2.45) is 0 Å². The highest BCUT2D eigenvalue weighted by atomic mass is 16.4. The first-order valence-electron chi connectivity index (χ1n) is 7.35. The van der Waals surface area contributed by atoms with E-state index in [9.17, 15) is 10.0 Å². The lowest BCUT2D eigenvalue weighted by atomic mass is 9.80. The van der Waals surface area contributed by atoms with Crippen molar-refractivity contribution in [3.63, 3.8) is 0 Å². The fourth-order valence-electron chi connectivity index (χ4n) is 3.19. The summed E-state index contributed by atoms with van der Waals surface area (Å²) in [6.07, 6.45) is 0. The van der Waals surface area contributed by atoms with Crippen LogP contribution in [0.15, 0.2) is 63.4 Å². The number of hydrogen-bond acceptors (Lipinski definition) is 4. The van der Waals surface area contributed by atoms with E-state index in [4.69, 9.17) is 8.83 Å². The van der Waals surface area contributed by atoms with Crippen LogP contribution in [-0.4, -0.2) is 17.2 Å². The molecule has 4 nitrogen and oxygen atoms in total. The van der Waals surface area contributed by atoms with Crippen LogP contribution < -0.4 is 5.46 Å². The van der Waals surface area contributed by atoms with Crippen LogP contribution in [0, 0.1) is 0 Å². The third-order valence-corrected chi connectivity index (χ3v) is 4.31. The van der Waals surface area contributed by atoms with Crippen molar-refractivity contribution >= 4 is 56.5 Å². The van der Waals surface area contributed by atoms with Gasteiger partial charge in [0.05, 0.1) is 0 Å². The Morgan fingerprint density at radius 3 is 2.00 bits per heavy atom. The summed E-state index contributed by atoms with van der Waals surface area (Å²) in [5, 5.41) is 22.6. The fraction of sp³-hybridized carbons (Fsp3) is 0. The Morgan fingerprint density at radius 1 is 0.652 bits per heavy atom. The molecule has 23 heavy (non-hydrogen) atoms. The Hall–Kier alpha value is -2.76. The predicted octanol–water partition coefficient (Wildman–Crippen LogP) is 3.17. The van der Waals surface area contributed by atoms with Gasteiger partial charge in [0.2, 0.25) is 0 Å². The Balaban J connectivity index is 1.94. The average molecular weight is 302 g/mol. The first-order valence-corrected chi connectivity index (χ1v) is 7.35. The Bertz CT molecular complexity index is 1200. The molecule has 110 valence electrons. The minimum absolute atomic E-state index is 0.400. The monoisotopic (exact) mass is 302 g/mol. The van der Waals surface area contributed by atoms with Crippen molar-refractivity contribution in [2.75, 3.05) is 0 Å². The number of furan rings is 2. The third-order valence-electron chi connectivity index (χ3n) is 4.31. The standard InChI is InChI=1S/C18H11BO4/c20-19(21)10-5-6-12-14-8-7-13-11-3-1-2-4-15(11)22-17(13)18(14)23-16(12)9-10/h1-9,20-21H. The van der Waals surface area contributed by atoms with Crippen molar-refractivity contribution in [1.82, 2.24) is 0 Å². The average Bonchev–Trinajstić information content (AvgIpc) is 3.12. The summed E-state index contributed by atoms with van der Waals surface area (Å²) in [5.41, 5.74) is 3.22. The molecule has 0 aliphatic carbocycles. The normalized spacial score (nSPS) is 11.9. The minimum atomic E-state index is -1.51. The molecule has 2 aromatic heterocycles. The zero-order valence-electron chi connectivity index (χ0n) is 12.0. The van der Waals surface area contributed by atoms with Crippen LogP contribution in [0.4, 0.5) is 0 Å². The van der Waals surface area contributed by atoms with Crippen LogP contribution in [0.1, 0.15) is 0 Å². The number of rotatable bonds is 1. The maximum Gasteiger partial charge on any atom is 0.488 e. The van der Waals surface area contributed by atoms with E-state index < -0.39 is 7.12 Å². The molecule has 0 fully saturated rings. The van der Waals surface area contributed by atoms with Gasteiger partial charge in [0.1, 0.15) is 11.2 Å². The second-order valence-corrected chi connectivity index (χ2v) is 5.65. The number of para-hydroxylation sites is 1. The van der Waals surface area contributed by atoms with Gasteiger partial charge in [-0.3, -0.25) is 0 Å². The zero-order chi connectivity index (χ0) is 15.6. The molecule has 5 rings (SSSR count). The van der Waals surface area contributed by atoms with Crippen LogP contribution in [0.3, 0.4) is 0 Å². The first-order chi connectivity index (χ1) is 11.2. The van der Waals surface area contributed by atoms with E-state index in [1.165, 1.54) is 0 Å². The second-order valence-electron chi connectivity index (χ2n) is 5.65. The maximum atomic E-state index is 9.32. The van der Waals surface area contributed by atoms with E-state index >= 15 is 0 Å². The van der Waals surface area contributed by atoms with Gasteiger partial charge in [0.25, 0.3) is 0 Å². The summed E-state index contributed by atoms with van der Waals surface area (Å²) >= 11 is 0. The van der Waals surface area contributed by atoms with E-state index in [0.29, 0.717) is 22.2 Å². The lowest BCUT2D eigenvalue weighted by Gasteiger charge is -1.97. The van der Waals surface area contributed by atoms with Gasteiger partial charge in [0.15, 0.2) is 11.2 Å². The summed E-state index contributed by atoms with van der Waals surface area (Å²) in [6.45, 7) is 0. The van der Waals surface area contributed by atoms with E-state index in [1.807, 2.05) is 42.5 Å². The SMILES string of the molecule is OB(O)c1ccc2c(c1)oc1c2ccc2c3ccccc3oc21. The van der Waals surface area contributed by atoms with Gasteiger partial charge in [-0.1, -0.05) is 30.3 Å². The molecular formula is C18H11BO4. The summed E-state index contributed by atoms with van der Waals surface area (Å²) < 4.78 is 12.0. The van der Waals surface area contributed by atoms with Crippen molar-refractivity contribution in [3.05, 3.63) is 54.6 Å². The van der Waals surface area contributed by atoms with Crippen LogP contribution in [0.25, 0.3) is 43.9 Å². The molecular weight excluding hydrogens is 291 g/mol. The van der Waals surface area contributed by atoms with Crippen molar-refractivity contribution in [2.45, 2.75) is 0 Å². The van der Waals surface area contributed by atoms with Gasteiger partial charge in [0, 0.05) is 21.5 Å². The van der Waals surface area contributed by atoms with E-state index in [2.05, 4.69) is 0 Å². The fourth-order valence-corrected chi connectivity index (χ4v) is 3.19. The molecule has 0 aliphatic rings. The molecule has 2 N–H and O–H groups in total. The van der Waals surface area contributed by atoms with Crippen LogP contribution >= 0.6 is 0 Å². The summed E-state index contributed by atoms with van der Waals surface area (Å²) in [5.74, 6) is 0. The first kappa shape index (κ1) is 12.8. The third kappa shape index (κ3) is 1.69. The molecule has 0 saturated carbocycles. The molecule has 5 heteroatoms. The molecule has 0 saturated heterocycles. The van der Waals surface area contributed by atoms with E-state index in [0.717, 1.165) is 27.1 Å². The zero-order valence-corrected chi connectivity index (χ0v) is 12.0. The number of fused-ring (bicyclic) bond motifs is 7. The smallest absolute Gasteiger partial charge is 0.452 e. The van der Waals surface area contributed by atoms with Gasteiger partial charge in [-0.15, -0.1) is 0 Å². The number of benzene rings is 3. The molecule has 3 aromatic carbocycles. The Morgan fingerprint density at radius 2 is 1.26 bits per heavy atom. The molecule has 0 atom stereocenters. The Labute approximate surface area is 130 Å². The minimum Gasteiger partial charge on any atom is -0.452 e. The quantitative estimate of drug-likeness (QED) is 0.467. The van der Waals surface area contributed by atoms with Gasteiger partial charge in [-0.05, 0) is 29.7 Å². The van der Waals surface area contributed by atoms with Gasteiger partial charge in [-0.2, -0.15) is 0 Å². The molecule has 2 heterocycles. The summed E-state index contributed by atoms with van der Waals surface area (Å²) in [4.78, 5) is 0. The van der Waals surface area contributed by atoms with Crippen LogP contribution in [-0.2, 0) is 0 Å². The largest absolute Gasteiger partial charge is 0.488 e. The Kier molecular flexibility index (Phi) is 2.43. The van der Waals surface area contributed by atoms with Crippen LogP contribution in [0.5, 0.6) is 0 Å². The molecule has 0 aliphatic heterocycles. The van der Waals surface area contributed by atoms with Gasteiger partial charge < -0.3 is 18.9 Å². The summed E-state index contributed by atoms with van der Waals surface area (Å²) in [6, 6.07) is 17.1. The summed E-state index contributed by atoms with van der Waals surface area (Å²) in [7, 11) is -1.51. The lowest BCUT2D eigenvalue weighted by Crippen LogP contribution is -2.29. The molecule has 0 bridgehead atoms.